The molecule has 0 bridgehead atoms. The van der Waals surface area contributed by atoms with Gasteiger partial charge in [0.2, 0.25) is 0 Å². The summed E-state index contributed by atoms with van der Waals surface area (Å²) in [5, 5.41) is 3.31. The van der Waals surface area contributed by atoms with E-state index < -0.39 is 19.2 Å². The van der Waals surface area contributed by atoms with Crippen molar-refractivity contribution in [3.63, 3.8) is 0 Å². The molecule has 0 heterocycles. The molecule has 0 aliphatic rings. The van der Waals surface area contributed by atoms with Gasteiger partial charge in [0.25, 0.3) is 0 Å². The van der Waals surface area contributed by atoms with E-state index in [0.717, 1.165) is 41.1 Å². The molecule has 0 saturated carbocycles. The van der Waals surface area contributed by atoms with Crippen molar-refractivity contribution < 1.29 is 10.9 Å². The van der Waals surface area contributed by atoms with Gasteiger partial charge in [-0.3, -0.25) is 0 Å². The summed E-state index contributed by atoms with van der Waals surface area (Å²) in [6.07, 6.45) is 4.38. The monoisotopic (exact) mass is 410 g/mol. The first kappa shape index (κ1) is 21.1. The van der Waals surface area contributed by atoms with E-state index in [-0.39, 0.29) is 12.0 Å². The Kier molecular flexibility index (Phi) is 12.8. The minimum atomic E-state index is -3.27. The van der Waals surface area contributed by atoms with Gasteiger partial charge >= 0.3 is 135 Å². The van der Waals surface area contributed by atoms with Crippen LogP contribution in [0.5, 0.6) is 0 Å². The molecule has 0 saturated heterocycles. The fraction of sp³-hybridized carbons (Fsp3) is 0.933. The van der Waals surface area contributed by atoms with Gasteiger partial charge in [0.1, 0.15) is 0 Å². The zero-order valence-electron chi connectivity index (χ0n) is 14.2. The number of hydrogen-bond donors (Lipinski definition) is 2. The second kappa shape index (κ2) is 12.7. The molecule has 6 heteroatoms. The van der Waals surface area contributed by atoms with Gasteiger partial charge in [0.05, 0.1) is 0 Å². The van der Waals surface area contributed by atoms with Gasteiger partial charge in [-0.2, -0.15) is 0 Å². The Morgan fingerprint density at radius 3 is 2.24 bits per heavy atom. The van der Waals surface area contributed by atoms with Crippen LogP contribution >= 0.6 is 0 Å². The molecule has 0 aliphatic carbocycles. The standard InChI is InChI=1S/C5H13N2O.2C4H9.C2H4O2.Sn/c1-5(4-8)7-3-2-6;2*1-3-4-2;1-2(3)4;/h5,7H,2-4,6H2,1H3;2*1,3-4H2,2H3;1H3,(H,3,4);/q-1;;;;+2/p-1/t5-;;;;/m0..../s1. The molecule has 0 aromatic carbocycles. The first-order chi connectivity index (χ1) is 9.99. The summed E-state index contributed by atoms with van der Waals surface area (Å²) in [4.78, 5) is 11.5. The molecule has 0 aromatic rings. The second-order valence-electron chi connectivity index (χ2n) is 5.67. The Labute approximate surface area is 135 Å². The van der Waals surface area contributed by atoms with Gasteiger partial charge in [0.15, 0.2) is 0 Å². The molecule has 21 heavy (non-hydrogen) atoms. The summed E-state index contributed by atoms with van der Waals surface area (Å²) in [5.74, 6) is -0.180. The van der Waals surface area contributed by atoms with E-state index >= 15 is 0 Å². The quantitative estimate of drug-likeness (QED) is 0.458. The van der Waals surface area contributed by atoms with Crippen molar-refractivity contribution in [3.8, 4) is 0 Å². The van der Waals surface area contributed by atoms with Gasteiger partial charge in [-0.25, -0.2) is 0 Å². The predicted molar refractivity (Wildman–Crippen MR) is 89.4 cm³/mol. The third-order valence-corrected chi connectivity index (χ3v) is 13.6. The van der Waals surface area contributed by atoms with E-state index in [4.69, 9.17) is 11.9 Å². The van der Waals surface area contributed by atoms with E-state index in [1.165, 1.54) is 6.92 Å². The predicted octanol–water partition coefficient (Wildman–Crippen LogP) is 2.55. The van der Waals surface area contributed by atoms with Crippen LogP contribution in [-0.2, 0) is 10.9 Å². The molecule has 0 aromatic heterocycles. The third-order valence-electron chi connectivity index (χ3n) is 3.39. The molecule has 0 unspecified atom stereocenters. The van der Waals surface area contributed by atoms with Crippen molar-refractivity contribution in [2.75, 3.05) is 19.7 Å². The van der Waals surface area contributed by atoms with Crippen LogP contribution in [0.4, 0.5) is 0 Å². The first-order valence-corrected chi connectivity index (χ1v) is 14.6. The number of carbonyl (C=O) groups is 1. The molecule has 0 aliphatic heterocycles. The Balaban J connectivity index is 4.66. The van der Waals surface area contributed by atoms with Crippen molar-refractivity contribution in [2.45, 2.75) is 68.3 Å². The molecule has 0 amide bonds. The Morgan fingerprint density at radius 2 is 1.81 bits per heavy atom. The Hall–Kier alpha value is 0.149. The average molecular weight is 409 g/mol. The SMILES string of the molecule is CCC[CH2][Sn]([CH2]CCC)([O]C[C@H](C)NCCN)[O]C(C)=O. The third kappa shape index (κ3) is 10.5. The summed E-state index contributed by atoms with van der Waals surface area (Å²) in [7, 11) is 0. The molecular weight excluding hydrogens is 375 g/mol. The molecule has 0 fully saturated rings. The van der Waals surface area contributed by atoms with E-state index in [2.05, 4.69) is 26.1 Å². The minimum absolute atomic E-state index is 0.180. The van der Waals surface area contributed by atoms with Crippen molar-refractivity contribution in [1.29, 1.82) is 0 Å². The number of unbranched alkanes of at least 4 members (excludes halogenated alkanes) is 2. The molecular formula is C15H34N2O3Sn. The summed E-state index contributed by atoms with van der Waals surface area (Å²) >= 11 is -3.27. The number of nitrogens with two attached hydrogens (primary N) is 1. The zero-order chi connectivity index (χ0) is 16.1. The Morgan fingerprint density at radius 1 is 1.24 bits per heavy atom. The maximum atomic E-state index is 11.5. The van der Waals surface area contributed by atoms with Crippen LogP contribution in [0.3, 0.4) is 0 Å². The van der Waals surface area contributed by atoms with E-state index in [9.17, 15) is 4.79 Å². The van der Waals surface area contributed by atoms with Crippen LogP contribution in [-0.4, -0.2) is 50.9 Å². The van der Waals surface area contributed by atoms with Crippen LogP contribution in [0, 0.1) is 0 Å². The Bertz CT molecular complexity index is 270. The average Bonchev–Trinajstić information content (AvgIpc) is 2.46. The van der Waals surface area contributed by atoms with Crippen LogP contribution in [0.15, 0.2) is 0 Å². The van der Waals surface area contributed by atoms with Crippen molar-refractivity contribution in [3.05, 3.63) is 0 Å². The van der Waals surface area contributed by atoms with E-state index in [1.54, 1.807) is 0 Å². The summed E-state index contributed by atoms with van der Waals surface area (Å²) in [6, 6.07) is 0.239. The maximum absolute atomic E-state index is 11.5. The molecule has 1 atom stereocenters. The van der Waals surface area contributed by atoms with Gasteiger partial charge < -0.3 is 0 Å². The van der Waals surface area contributed by atoms with Crippen molar-refractivity contribution >= 4 is 25.2 Å². The molecule has 126 valence electrons. The van der Waals surface area contributed by atoms with E-state index in [0.29, 0.717) is 13.2 Å². The van der Waals surface area contributed by atoms with Gasteiger partial charge in [-0.15, -0.1) is 0 Å². The van der Waals surface area contributed by atoms with Gasteiger partial charge in [-0.05, 0) is 0 Å². The topological polar surface area (TPSA) is 73.6 Å². The normalized spacial score (nSPS) is 13.2. The number of rotatable bonds is 13. The van der Waals surface area contributed by atoms with Gasteiger partial charge in [-0.1, -0.05) is 0 Å². The molecule has 5 nitrogen and oxygen atoms in total. The summed E-state index contributed by atoms with van der Waals surface area (Å²) < 4.78 is 14.0. The van der Waals surface area contributed by atoms with Crippen LogP contribution < -0.4 is 11.1 Å². The van der Waals surface area contributed by atoms with Crippen LogP contribution in [0.1, 0.15) is 53.4 Å². The van der Waals surface area contributed by atoms with Crippen LogP contribution in [0.2, 0.25) is 8.87 Å². The van der Waals surface area contributed by atoms with Crippen molar-refractivity contribution in [2.24, 2.45) is 5.73 Å². The number of hydrogen-bond acceptors (Lipinski definition) is 5. The molecule has 0 radical (unpaired) electrons. The van der Waals surface area contributed by atoms with Crippen LogP contribution in [0.25, 0.3) is 0 Å². The van der Waals surface area contributed by atoms with E-state index in [1.807, 2.05) is 0 Å². The van der Waals surface area contributed by atoms with Crippen molar-refractivity contribution in [1.82, 2.24) is 5.32 Å². The summed E-state index contributed by atoms with van der Waals surface area (Å²) in [5.41, 5.74) is 5.50. The summed E-state index contributed by atoms with van der Waals surface area (Å²) in [6.45, 7) is 9.92. The first-order valence-electron chi connectivity index (χ1n) is 8.26. The molecule has 0 spiro atoms. The fourth-order valence-electron chi connectivity index (χ4n) is 2.22. The number of nitrogens with one attached hydrogen (secondary N) is 1. The second-order valence-corrected chi connectivity index (χ2v) is 15.1. The fourth-order valence-corrected chi connectivity index (χ4v) is 12.7. The number of carbonyl (C=O) groups excluding carboxylic acids is 1. The molecule has 0 rings (SSSR count). The zero-order valence-corrected chi connectivity index (χ0v) is 17.1. The van der Waals surface area contributed by atoms with Gasteiger partial charge in [0, 0.05) is 0 Å². The molecule has 3 N–H and O–H groups in total.